The first-order valence-corrected chi connectivity index (χ1v) is 5.63. The standard InChI is InChI=1S/C13H20N2O/c1-4-15-12(8-13(14)16)11-6-5-9(2)10(3)7-11/h5-7,12,15H,4,8H2,1-3H3,(H2,14,16). The fourth-order valence-electron chi connectivity index (χ4n) is 1.74. The summed E-state index contributed by atoms with van der Waals surface area (Å²) in [6.07, 6.45) is 0.344. The van der Waals surface area contributed by atoms with Crippen molar-refractivity contribution in [2.75, 3.05) is 6.54 Å². The van der Waals surface area contributed by atoms with E-state index < -0.39 is 0 Å². The molecule has 0 fully saturated rings. The average molecular weight is 220 g/mol. The minimum atomic E-state index is -0.274. The molecular formula is C13H20N2O. The van der Waals surface area contributed by atoms with Crippen LogP contribution in [-0.4, -0.2) is 12.5 Å². The summed E-state index contributed by atoms with van der Waals surface area (Å²) in [7, 11) is 0. The van der Waals surface area contributed by atoms with Gasteiger partial charge in [-0.05, 0) is 37.1 Å². The molecular weight excluding hydrogens is 200 g/mol. The van der Waals surface area contributed by atoms with Gasteiger partial charge < -0.3 is 11.1 Å². The van der Waals surface area contributed by atoms with Crippen LogP contribution in [0.15, 0.2) is 18.2 Å². The number of hydrogen-bond donors (Lipinski definition) is 2. The van der Waals surface area contributed by atoms with E-state index >= 15 is 0 Å². The van der Waals surface area contributed by atoms with Crippen LogP contribution in [0.1, 0.15) is 36.1 Å². The molecule has 88 valence electrons. The monoisotopic (exact) mass is 220 g/mol. The summed E-state index contributed by atoms with van der Waals surface area (Å²) in [5.74, 6) is -0.274. The molecule has 0 radical (unpaired) electrons. The summed E-state index contributed by atoms with van der Waals surface area (Å²) in [6, 6.07) is 6.28. The number of rotatable bonds is 5. The van der Waals surface area contributed by atoms with Gasteiger partial charge >= 0.3 is 0 Å². The molecule has 0 heterocycles. The van der Waals surface area contributed by atoms with Crippen LogP contribution in [0.2, 0.25) is 0 Å². The van der Waals surface area contributed by atoms with Gasteiger partial charge in [-0.1, -0.05) is 25.1 Å². The zero-order chi connectivity index (χ0) is 12.1. The summed E-state index contributed by atoms with van der Waals surface area (Å²) in [5, 5.41) is 3.28. The Bertz CT molecular complexity index is 374. The van der Waals surface area contributed by atoms with Crippen LogP contribution in [0.4, 0.5) is 0 Å². The van der Waals surface area contributed by atoms with Crippen molar-refractivity contribution in [2.45, 2.75) is 33.2 Å². The van der Waals surface area contributed by atoms with E-state index in [4.69, 9.17) is 5.73 Å². The largest absolute Gasteiger partial charge is 0.370 e. The third kappa shape index (κ3) is 3.35. The Balaban J connectivity index is 2.91. The molecule has 1 rings (SSSR count). The number of carbonyl (C=O) groups excluding carboxylic acids is 1. The van der Waals surface area contributed by atoms with Gasteiger partial charge in [0.1, 0.15) is 0 Å². The predicted octanol–water partition coefficient (Wildman–Crippen LogP) is 1.83. The molecule has 1 atom stereocenters. The molecule has 3 N–H and O–H groups in total. The summed E-state index contributed by atoms with van der Waals surface area (Å²) < 4.78 is 0. The topological polar surface area (TPSA) is 55.1 Å². The second-order valence-electron chi connectivity index (χ2n) is 4.12. The molecule has 0 saturated heterocycles. The van der Waals surface area contributed by atoms with E-state index in [0.717, 1.165) is 12.1 Å². The maximum Gasteiger partial charge on any atom is 0.219 e. The number of nitrogens with one attached hydrogen (secondary N) is 1. The van der Waals surface area contributed by atoms with E-state index in [1.807, 2.05) is 6.92 Å². The van der Waals surface area contributed by atoms with Gasteiger partial charge in [0.05, 0.1) is 0 Å². The first-order valence-electron chi connectivity index (χ1n) is 5.63. The van der Waals surface area contributed by atoms with Gasteiger partial charge in [0.15, 0.2) is 0 Å². The summed E-state index contributed by atoms with van der Waals surface area (Å²) in [4.78, 5) is 11.0. The van der Waals surface area contributed by atoms with Crippen LogP contribution < -0.4 is 11.1 Å². The smallest absolute Gasteiger partial charge is 0.219 e. The molecule has 0 aromatic heterocycles. The third-order valence-corrected chi connectivity index (χ3v) is 2.79. The van der Waals surface area contributed by atoms with Gasteiger partial charge in [-0.3, -0.25) is 4.79 Å². The van der Waals surface area contributed by atoms with Gasteiger partial charge in [-0.25, -0.2) is 0 Å². The van der Waals surface area contributed by atoms with Crippen LogP contribution in [0.5, 0.6) is 0 Å². The lowest BCUT2D eigenvalue weighted by Crippen LogP contribution is -2.26. The third-order valence-electron chi connectivity index (χ3n) is 2.79. The fraction of sp³-hybridized carbons (Fsp3) is 0.462. The molecule has 16 heavy (non-hydrogen) atoms. The zero-order valence-electron chi connectivity index (χ0n) is 10.2. The van der Waals surface area contributed by atoms with E-state index in [1.54, 1.807) is 0 Å². The number of primary amides is 1. The highest BCUT2D eigenvalue weighted by atomic mass is 16.1. The van der Waals surface area contributed by atoms with Gasteiger partial charge in [0.2, 0.25) is 5.91 Å². The maximum atomic E-state index is 11.0. The Labute approximate surface area is 97.0 Å². The van der Waals surface area contributed by atoms with Crippen molar-refractivity contribution in [2.24, 2.45) is 5.73 Å². The zero-order valence-corrected chi connectivity index (χ0v) is 10.2. The second kappa shape index (κ2) is 5.66. The Morgan fingerprint density at radius 3 is 2.56 bits per heavy atom. The normalized spacial score (nSPS) is 12.4. The van der Waals surface area contributed by atoms with Crippen LogP contribution >= 0.6 is 0 Å². The Hall–Kier alpha value is -1.35. The molecule has 1 amide bonds. The summed E-state index contributed by atoms with van der Waals surface area (Å²) in [6.45, 7) is 7.00. The summed E-state index contributed by atoms with van der Waals surface area (Å²) >= 11 is 0. The van der Waals surface area contributed by atoms with Crippen LogP contribution in [-0.2, 0) is 4.79 Å². The maximum absolute atomic E-state index is 11.0. The van der Waals surface area contributed by atoms with Crippen LogP contribution in [0, 0.1) is 13.8 Å². The second-order valence-corrected chi connectivity index (χ2v) is 4.12. The Kier molecular flexibility index (Phi) is 4.50. The molecule has 3 nitrogen and oxygen atoms in total. The van der Waals surface area contributed by atoms with Gasteiger partial charge in [0, 0.05) is 12.5 Å². The van der Waals surface area contributed by atoms with E-state index in [2.05, 4.69) is 37.4 Å². The highest BCUT2D eigenvalue weighted by molar-refractivity contribution is 5.74. The highest BCUT2D eigenvalue weighted by Gasteiger charge is 2.13. The molecule has 1 aromatic carbocycles. The van der Waals surface area contributed by atoms with E-state index in [0.29, 0.717) is 6.42 Å². The highest BCUT2D eigenvalue weighted by Crippen LogP contribution is 2.19. The number of carbonyl (C=O) groups is 1. The molecule has 3 heteroatoms. The number of hydrogen-bond acceptors (Lipinski definition) is 2. The predicted molar refractivity (Wildman–Crippen MR) is 66.1 cm³/mol. The Morgan fingerprint density at radius 1 is 1.38 bits per heavy atom. The molecule has 0 saturated carbocycles. The molecule has 0 aliphatic rings. The van der Waals surface area contributed by atoms with Crippen molar-refractivity contribution < 1.29 is 4.79 Å². The van der Waals surface area contributed by atoms with Crippen LogP contribution in [0.25, 0.3) is 0 Å². The Morgan fingerprint density at radius 2 is 2.06 bits per heavy atom. The molecule has 0 spiro atoms. The van der Waals surface area contributed by atoms with Gasteiger partial charge in [-0.15, -0.1) is 0 Å². The van der Waals surface area contributed by atoms with Crippen LogP contribution in [0.3, 0.4) is 0 Å². The number of amides is 1. The van der Waals surface area contributed by atoms with E-state index in [9.17, 15) is 4.79 Å². The van der Waals surface area contributed by atoms with E-state index in [-0.39, 0.29) is 11.9 Å². The lowest BCUT2D eigenvalue weighted by molar-refractivity contribution is -0.118. The lowest BCUT2D eigenvalue weighted by Gasteiger charge is -2.17. The number of aryl methyl sites for hydroxylation is 2. The minimum absolute atomic E-state index is 0.0294. The molecule has 0 aliphatic carbocycles. The quantitative estimate of drug-likeness (QED) is 0.795. The van der Waals surface area contributed by atoms with Crippen molar-refractivity contribution in [3.63, 3.8) is 0 Å². The first kappa shape index (κ1) is 12.7. The van der Waals surface area contributed by atoms with Gasteiger partial charge in [-0.2, -0.15) is 0 Å². The molecule has 1 aromatic rings. The number of nitrogens with two attached hydrogens (primary N) is 1. The molecule has 0 bridgehead atoms. The SMILES string of the molecule is CCNC(CC(N)=O)c1ccc(C)c(C)c1. The number of benzene rings is 1. The van der Waals surface area contributed by atoms with Crippen molar-refractivity contribution in [1.29, 1.82) is 0 Å². The van der Waals surface area contributed by atoms with Gasteiger partial charge in [0.25, 0.3) is 0 Å². The molecule has 0 aliphatic heterocycles. The minimum Gasteiger partial charge on any atom is -0.370 e. The van der Waals surface area contributed by atoms with Crippen molar-refractivity contribution in [1.82, 2.24) is 5.32 Å². The fourth-order valence-corrected chi connectivity index (χ4v) is 1.74. The first-order chi connectivity index (χ1) is 7.54. The van der Waals surface area contributed by atoms with Crippen molar-refractivity contribution >= 4 is 5.91 Å². The lowest BCUT2D eigenvalue weighted by atomic mass is 9.99. The molecule has 1 unspecified atom stereocenters. The van der Waals surface area contributed by atoms with E-state index in [1.165, 1.54) is 11.1 Å². The summed E-state index contributed by atoms with van der Waals surface area (Å²) in [5.41, 5.74) is 8.88. The average Bonchev–Trinajstić information content (AvgIpc) is 2.21. The van der Waals surface area contributed by atoms with Crippen molar-refractivity contribution in [3.8, 4) is 0 Å². The van der Waals surface area contributed by atoms with Crippen molar-refractivity contribution in [3.05, 3.63) is 34.9 Å².